The lowest BCUT2D eigenvalue weighted by Crippen LogP contribution is -2.04. The first-order valence-corrected chi connectivity index (χ1v) is 4.29. The van der Waals surface area contributed by atoms with E-state index in [0.29, 0.717) is 6.29 Å². The Labute approximate surface area is 89.8 Å². The highest BCUT2D eigenvalue weighted by Gasteiger charge is 2.25. The molecular weight excluding hydrogens is 222 g/mol. The molecule has 6 heteroatoms. The molecule has 0 bridgehead atoms. The van der Waals surface area contributed by atoms with Gasteiger partial charge in [0.15, 0.2) is 12.1 Å². The normalized spacial score (nSPS) is 9.73. The van der Waals surface area contributed by atoms with Gasteiger partial charge in [-0.1, -0.05) is 11.6 Å². The largest absolute Gasteiger partial charge is 0.298 e. The number of benzene rings is 1. The fourth-order valence-electron chi connectivity index (χ4n) is 1.21. The van der Waals surface area contributed by atoms with Crippen molar-refractivity contribution in [3.8, 4) is 0 Å². The number of hydrogen-bond donors (Lipinski definition) is 0. The monoisotopic (exact) mass is 227 g/mol. The number of hydrogen-bond acceptors (Lipinski definition) is 4. The number of halogens is 1. The van der Waals surface area contributed by atoms with Gasteiger partial charge in [-0.25, -0.2) is 0 Å². The molecule has 0 N–H and O–H groups in total. The zero-order chi connectivity index (χ0) is 11.6. The van der Waals surface area contributed by atoms with Crippen LogP contribution in [0.3, 0.4) is 0 Å². The molecule has 1 rings (SSSR count). The Kier molecular flexibility index (Phi) is 3.16. The van der Waals surface area contributed by atoms with Crippen molar-refractivity contribution < 1.29 is 14.5 Å². The average Bonchev–Trinajstić information content (AvgIpc) is 2.16. The molecule has 0 aromatic heterocycles. The van der Waals surface area contributed by atoms with Gasteiger partial charge in [-0.2, -0.15) is 0 Å². The van der Waals surface area contributed by atoms with Gasteiger partial charge in [0.2, 0.25) is 0 Å². The van der Waals surface area contributed by atoms with Crippen LogP contribution < -0.4 is 0 Å². The van der Waals surface area contributed by atoms with Gasteiger partial charge in [-0.15, -0.1) is 0 Å². The first kappa shape index (κ1) is 11.3. The molecule has 0 radical (unpaired) electrons. The first-order chi connectivity index (χ1) is 6.99. The van der Waals surface area contributed by atoms with E-state index in [1.54, 1.807) is 0 Å². The fourth-order valence-corrected chi connectivity index (χ4v) is 1.49. The maximum Gasteiger partial charge on any atom is 0.292 e. The quantitative estimate of drug-likeness (QED) is 0.343. The molecule has 0 saturated carbocycles. The summed E-state index contributed by atoms with van der Waals surface area (Å²) in [6.07, 6.45) is 0.320. The van der Waals surface area contributed by atoms with Crippen molar-refractivity contribution in [3.05, 3.63) is 38.4 Å². The Morgan fingerprint density at radius 1 is 1.53 bits per heavy atom. The van der Waals surface area contributed by atoms with Crippen LogP contribution in [0.1, 0.15) is 27.6 Å². The Bertz CT molecular complexity index is 456. The molecule has 78 valence electrons. The number of carbonyl (C=O) groups excluding carboxylic acids is 2. The summed E-state index contributed by atoms with van der Waals surface area (Å²) in [6, 6.07) is 2.49. The highest BCUT2D eigenvalue weighted by Crippen LogP contribution is 2.29. The van der Waals surface area contributed by atoms with E-state index in [-0.39, 0.29) is 16.1 Å². The van der Waals surface area contributed by atoms with E-state index in [1.807, 2.05) is 0 Å². The number of ketones is 1. The molecule has 15 heavy (non-hydrogen) atoms. The molecule has 1 aromatic carbocycles. The molecule has 0 amide bonds. The van der Waals surface area contributed by atoms with Crippen LogP contribution >= 0.6 is 11.6 Å². The van der Waals surface area contributed by atoms with Gasteiger partial charge in [0.25, 0.3) is 5.69 Å². The third kappa shape index (κ3) is 2.02. The summed E-state index contributed by atoms with van der Waals surface area (Å²) in [5, 5.41) is 10.7. The molecule has 5 nitrogen and oxygen atoms in total. The van der Waals surface area contributed by atoms with E-state index in [9.17, 15) is 19.7 Å². The van der Waals surface area contributed by atoms with E-state index in [1.165, 1.54) is 12.1 Å². The van der Waals surface area contributed by atoms with Gasteiger partial charge < -0.3 is 0 Å². The van der Waals surface area contributed by atoms with Gasteiger partial charge in [-0.3, -0.25) is 19.7 Å². The molecule has 0 fully saturated rings. The molecule has 0 atom stereocenters. The number of rotatable bonds is 3. The number of carbonyl (C=O) groups is 2. The lowest BCUT2D eigenvalue weighted by molar-refractivity contribution is -0.385. The highest BCUT2D eigenvalue weighted by atomic mass is 35.5. The SMILES string of the molecule is CC(=O)c1c(Cl)ccc(C=O)c1[N+](=O)[O-]. The lowest BCUT2D eigenvalue weighted by atomic mass is 10.1. The minimum Gasteiger partial charge on any atom is -0.298 e. The van der Waals surface area contributed by atoms with E-state index in [0.717, 1.165) is 6.92 Å². The van der Waals surface area contributed by atoms with Crippen LogP contribution in [0.25, 0.3) is 0 Å². The maximum absolute atomic E-state index is 11.2. The topological polar surface area (TPSA) is 77.3 Å². The van der Waals surface area contributed by atoms with Crippen molar-refractivity contribution in [2.24, 2.45) is 0 Å². The summed E-state index contributed by atoms with van der Waals surface area (Å²) in [5.41, 5.74) is -0.925. The molecule has 0 aliphatic rings. The highest BCUT2D eigenvalue weighted by molar-refractivity contribution is 6.34. The third-order valence-electron chi connectivity index (χ3n) is 1.82. The van der Waals surface area contributed by atoms with Gasteiger partial charge in [0.05, 0.1) is 15.5 Å². The summed E-state index contributed by atoms with van der Waals surface area (Å²) in [4.78, 5) is 31.6. The molecule has 0 unspecified atom stereocenters. The Morgan fingerprint density at radius 3 is 2.53 bits per heavy atom. The number of nitro benzene ring substituents is 1. The predicted molar refractivity (Wildman–Crippen MR) is 53.5 cm³/mol. The molecule has 0 heterocycles. The number of nitrogens with zero attached hydrogens (tertiary/aromatic N) is 1. The van der Waals surface area contributed by atoms with E-state index in [2.05, 4.69) is 0 Å². The van der Waals surface area contributed by atoms with Crippen LogP contribution in [0, 0.1) is 10.1 Å². The smallest absolute Gasteiger partial charge is 0.292 e. The first-order valence-electron chi connectivity index (χ1n) is 3.92. The predicted octanol–water partition coefficient (Wildman–Crippen LogP) is 2.26. The summed E-state index contributed by atoms with van der Waals surface area (Å²) >= 11 is 5.66. The number of nitro groups is 1. The fraction of sp³-hybridized carbons (Fsp3) is 0.111. The van der Waals surface area contributed by atoms with Crippen molar-refractivity contribution in [1.29, 1.82) is 0 Å². The van der Waals surface area contributed by atoms with Crippen LogP contribution in [-0.2, 0) is 0 Å². The zero-order valence-electron chi connectivity index (χ0n) is 7.69. The second kappa shape index (κ2) is 4.18. The van der Waals surface area contributed by atoms with Crippen LogP contribution in [0.5, 0.6) is 0 Å². The Hall–Kier alpha value is -1.75. The number of Topliss-reactive ketones (excluding diaryl/α,β-unsaturated/α-hetero) is 1. The molecule has 0 saturated heterocycles. The van der Waals surface area contributed by atoms with E-state index < -0.39 is 16.4 Å². The Morgan fingerprint density at radius 2 is 2.13 bits per heavy atom. The lowest BCUT2D eigenvalue weighted by Gasteiger charge is -2.03. The van der Waals surface area contributed by atoms with Crippen LogP contribution in [0.4, 0.5) is 5.69 Å². The van der Waals surface area contributed by atoms with E-state index >= 15 is 0 Å². The summed E-state index contributed by atoms with van der Waals surface area (Å²) < 4.78 is 0. The maximum atomic E-state index is 11.2. The molecule has 0 spiro atoms. The van der Waals surface area contributed by atoms with Crippen molar-refractivity contribution in [2.45, 2.75) is 6.92 Å². The molecular formula is C9H6ClNO4. The Balaban J connectivity index is 3.65. The van der Waals surface area contributed by atoms with Gasteiger partial charge in [0.1, 0.15) is 5.56 Å². The zero-order valence-corrected chi connectivity index (χ0v) is 8.45. The standard InChI is InChI=1S/C9H6ClNO4/c1-5(13)8-7(10)3-2-6(4-12)9(8)11(14)15/h2-4H,1H3. The van der Waals surface area contributed by atoms with Crippen molar-refractivity contribution >= 4 is 29.4 Å². The van der Waals surface area contributed by atoms with Gasteiger partial charge in [0, 0.05) is 0 Å². The molecule has 0 aliphatic heterocycles. The second-order valence-corrected chi connectivity index (χ2v) is 3.20. The average molecular weight is 228 g/mol. The van der Waals surface area contributed by atoms with Gasteiger partial charge in [-0.05, 0) is 19.1 Å². The number of aldehydes is 1. The van der Waals surface area contributed by atoms with E-state index in [4.69, 9.17) is 11.6 Å². The molecule has 1 aromatic rings. The molecule has 0 aliphatic carbocycles. The summed E-state index contributed by atoms with van der Waals surface area (Å²) in [6.45, 7) is 1.16. The van der Waals surface area contributed by atoms with Crippen LogP contribution in [0.2, 0.25) is 5.02 Å². The van der Waals surface area contributed by atoms with Crippen LogP contribution in [-0.4, -0.2) is 17.0 Å². The minimum absolute atomic E-state index is 0.0280. The minimum atomic E-state index is -0.785. The van der Waals surface area contributed by atoms with Crippen molar-refractivity contribution in [1.82, 2.24) is 0 Å². The second-order valence-electron chi connectivity index (χ2n) is 2.79. The van der Waals surface area contributed by atoms with Crippen LogP contribution in [0.15, 0.2) is 12.1 Å². The van der Waals surface area contributed by atoms with Crippen molar-refractivity contribution in [3.63, 3.8) is 0 Å². The third-order valence-corrected chi connectivity index (χ3v) is 2.13. The van der Waals surface area contributed by atoms with Gasteiger partial charge >= 0.3 is 0 Å². The summed E-state index contributed by atoms with van der Waals surface area (Å²) in [7, 11) is 0. The van der Waals surface area contributed by atoms with Crippen molar-refractivity contribution in [2.75, 3.05) is 0 Å². The summed E-state index contributed by atoms with van der Waals surface area (Å²) in [5.74, 6) is -0.546.